The molecule has 1 saturated heterocycles. The quantitative estimate of drug-likeness (QED) is 0.700. The molecule has 1 aromatic carbocycles. The molecule has 1 aromatic rings. The Morgan fingerprint density at radius 1 is 1.22 bits per heavy atom. The van der Waals surface area contributed by atoms with Gasteiger partial charge in [-0.05, 0) is 12.5 Å². The van der Waals surface area contributed by atoms with Gasteiger partial charge in [0, 0.05) is 18.3 Å². The van der Waals surface area contributed by atoms with Crippen LogP contribution in [0.4, 0.5) is 13.6 Å². The minimum absolute atomic E-state index is 0.00650. The van der Waals surface area contributed by atoms with Gasteiger partial charge in [0.2, 0.25) is 0 Å². The van der Waals surface area contributed by atoms with Crippen molar-refractivity contribution in [3.63, 3.8) is 0 Å². The Morgan fingerprint density at radius 2 is 1.89 bits per heavy atom. The lowest BCUT2D eigenvalue weighted by Gasteiger charge is -2.38. The SMILES string of the molecule is CC1=CN([C@@H]2O[C@H](CO)[C@H](O)C2O)C(=O)N(CC(F)(F)c2ccccc2)C1. The van der Waals surface area contributed by atoms with E-state index in [1.165, 1.54) is 30.5 Å². The van der Waals surface area contributed by atoms with Gasteiger partial charge < -0.3 is 25.0 Å². The van der Waals surface area contributed by atoms with Crippen LogP contribution in [0.2, 0.25) is 0 Å². The van der Waals surface area contributed by atoms with E-state index in [-0.39, 0.29) is 12.1 Å². The number of carbonyl (C=O) groups excluding carboxylic acids is 1. The highest BCUT2D eigenvalue weighted by Gasteiger charge is 2.48. The molecule has 1 fully saturated rings. The summed E-state index contributed by atoms with van der Waals surface area (Å²) in [4.78, 5) is 14.7. The standard InChI is InChI=1S/C18H22F2N2O5/c1-11-7-21(10-18(19,20)12-5-3-2-4-6-12)17(26)22(8-11)16-15(25)14(24)13(9-23)27-16/h2-6,8,13-16,23-25H,7,9-10H2,1H3/t13-,14+,15?,16-/m1/s1. The van der Waals surface area contributed by atoms with E-state index in [0.717, 1.165) is 9.80 Å². The highest BCUT2D eigenvalue weighted by Crippen LogP contribution is 2.32. The molecule has 9 heteroatoms. The number of urea groups is 1. The first-order chi connectivity index (χ1) is 12.7. The minimum Gasteiger partial charge on any atom is -0.394 e. The van der Waals surface area contributed by atoms with Crippen molar-refractivity contribution in [1.82, 2.24) is 9.80 Å². The average molecular weight is 384 g/mol. The minimum atomic E-state index is -3.26. The monoisotopic (exact) mass is 384 g/mol. The van der Waals surface area contributed by atoms with Crippen molar-refractivity contribution in [2.75, 3.05) is 19.7 Å². The van der Waals surface area contributed by atoms with Crippen LogP contribution in [0, 0.1) is 0 Å². The topological polar surface area (TPSA) is 93.5 Å². The summed E-state index contributed by atoms with van der Waals surface area (Å²) in [6, 6.07) is 6.44. The van der Waals surface area contributed by atoms with Crippen molar-refractivity contribution in [2.24, 2.45) is 0 Å². The van der Waals surface area contributed by atoms with E-state index in [1.807, 2.05) is 0 Å². The number of aliphatic hydroxyl groups excluding tert-OH is 3. The van der Waals surface area contributed by atoms with Gasteiger partial charge in [0.25, 0.3) is 5.92 Å². The van der Waals surface area contributed by atoms with E-state index < -0.39 is 49.6 Å². The molecular formula is C18H22F2N2O5. The summed E-state index contributed by atoms with van der Waals surface area (Å²) in [5.74, 6) is -3.26. The Bertz CT molecular complexity index is 715. The first kappa shape index (κ1) is 19.7. The van der Waals surface area contributed by atoms with E-state index in [1.54, 1.807) is 13.0 Å². The number of carbonyl (C=O) groups is 1. The van der Waals surface area contributed by atoms with E-state index in [9.17, 15) is 28.9 Å². The molecular weight excluding hydrogens is 362 g/mol. The largest absolute Gasteiger partial charge is 0.394 e. The van der Waals surface area contributed by atoms with Crippen molar-refractivity contribution in [1.29, 1.82) is 0 Å². The van der Waals surface area contributed by atoms with Crippen LogP contribution in [-0.4, -0.2) is 75.4 Å². The van der Waals surface area contributed by atoms with Crippen LogP contribution in [0.1, 0.15) is 12.5 Å². The lowest BCUT2D eigenvalue weighted by atomic mass is 10.1. The lowest BCUT2D eigenvalue weighted by Crippen LogP contribution is -2.54. The molecule has 3 rings (SSSR count). The van der Waals surface area contributed by atoms with Gasteiger partial charge in [-0.3, -0.25) is 4.90 Å². The second-order valence-electron chi connectivity index (χ2n) is 6.82. The van der Waals surface area contributed by atoms with Crippen molar-refractivity contribution in [3.05, 3.63) is 47.7 Å². The first-order valence-corrected chi connectivity index (χ1v) is 8.55. The Hall–Kier alpha value is -2.07. The van der Waals surface area contributed by atoms with Crippen molar-refractivity contribution >= 4 is 6.03 Å². The number of nitrogens with zero attached hydrogens (tertiary/aromatic N) is 2. The molecule has 0 bridgehead atoms. The van der Waals surface area contributed by atoms with Crippen molar-refractivity contribution < 1.29 is 33.6 Å². The maximum Gasteiger partial charge on any atom is 0.326 e. The van der Waals surface area contributed by atoms with Crippen LogP contribution in [0.5, 0.6) is 0 Å². The maximum absolute atomic E-state index is 14.6. The number of amides is 2. The van der Waals surface area contributed by atoms with Gasteiger partial charge in [0.1, 0.15) is 18.3 Å². The van der Waals surface area contributed by atoms with Gasteiger partial charge in [-0.15, -0.1) is 0 Å². The van der Waals surface area contributed by atoms with E-state index in [0.29, 0.717) is 5.57 Å². The molecule has 4 atom stereocenters. The fourth-order valence-electron chi connectivity index (χ4n) is 3.29. The molecule has 0 spiro atoms. The molecule has 7 nitrogen and oxygen atoms in total. The van der Waals surface area contributed by atoms with Crippen LogP contribution >= 0.6 is 0 Å². The van der Waals surface area contributed by atoms with Gasteiger partial charge in [0.15, 0.2) is 6.23 Å². The summed E-state index contributed by atoms with van der Waals surface area (Å²) in [6.07, 6.45) is -3.78. The Morgan fingerprint density at radius 3 is 2.48 bits per heavy atom. The molecule has 2 amide bonds. The fraction of sp³-hybridized carbons (Fsp3) is 0.500. The highest BCUT2D eigenvalue weighted by molar-refractivity contribution is 5.77. The third kappa shape index (κ3) is 3.81. The van der Waals surface area contributed by atoms with Crippen molar-refractivity contribution in [2.45, 2.75) is 37.4 Å². The van der Waals surface area contributed by atoms with Gasteiger partial charge in [-0.2, -0.15) is 8.78 Å². The second kappa shape index (κ2) is 7.51. The summed E-state index contributed by atoms with van der Waals surface area (Å²) >= 11 is 0. The van der Waals surface area contributed by atoms with Crippen molar-refractivity contribution in [3.8, 4) is 0 Å². The van der Waals surface area contributed by atoms with Crippen LogP contribution in [-0.2, 0) is 10.7 Å². The third-order valence-corrected chi connectivity index (χ3v) is 4.67. The molecule has 2 heterocycles. The number of ether oxygens (including phenoxy) is 1. The van der Waals surface area contributed by atoms with E-state index in [2.05, 4.69) is 0 Å². The predicted octanol–water partition coefficient (Wildman–Crippen LogP) is 0.859. The molecule has 2 aliphatic heterocycles. The maximum atomic E-state index is 14.6. The van der Waals surface area contributed by atoms with Crippen LogP contribution in [0.3, 0.4) is 0 Å². The molecule has 148 valence electrons. The number of halogens is 2. The predicted molar refractivity (Wildman–Crippen MR) is 90.7 cm³/mol. The zero-order valence-corrected chi connectivity index (χ0v) is 14.7. The molecule has 1 unspecified atom stereocenters. The number of benzene rings is 1. The highest BCUT2D eigenvalue weighted by atomic mass is 19.3. The summed E-state index contributed by atoms with van der Waals surface area (Å²) in [6.45, 7) is 0.280. The fourth-order valence-corrected chi connectivity index (χ4v) is 3.29. The summed E-state index contributed by atoms with van der Waals surface area (Å²) in [7, 11) is 0. The van der Waals surface area contributed by atoms with E-state index >= 15 is 0 Å². The number of hydrogen-bond acceptors (Lipinski definition) is 5. The third-order valence-electron chi connectivity index (χ3n) is 4.67. The number of alkyl halides is 2. The number of rotatable bonds is 5. The van der Waals surface area contributed by atoms with Crippen LogP contribution in [0.15, 0.2) is 42.1 Å². The first-order valence-electron chi connectivity index (χ1n) is 8.55. The second-order valence-corrected chi connectivity index (χ2v) is 6.82. The van der Waals surface area contributed by atoms with Gasteiger partial charge in [0.05, 0.1) is 13.2 Å². The summed E-state index contributed by atoms with van der Waals surface area (Å²) in [5, 5.41) is 29.2. The van der Waals surface area contributed by atoms with Crippen LogP contribution < -0.4 is 0 Å². The van der Waals surface area contributed by atoms with Gasteiger partial charge in [-0.1, -0.05) is 30.3 Å². The molecule has 0 aromatic heterocycles. The Labute approximate surface area is 155 Å². The zero-order chi connectivity index (χ0) is 19.8. The lowest BCUT2D eigenvalue weighted by molar-refractivity contribution is -0.0772. The summed E-state index contributed by atoms with van der Waals surface area (Å²) < 4.78 is 34.6. The molecule has 2 aliphatic rings. The zero-order valence-electron chi connectivity index (χ0n) is 14.7. The number of aliphatic hydroxyl groups is 3. The van der Waals surface area contributed by atoms with Gasteiger partial charge in [-0.25, -0.2) is 4.79 Å². The van der Waals surface area contributed by atoms with Gasteiger partial charge >= 0.3 is 6.03 Å². The van der Waals surface area contributed by atoms with Crippen LogP contribution in [0.25, 0.3) is 0 Å². The molecule has 3 N–H and O–H groups in total. The smallest absolute Gasteiger partial charge is 0.326 e. The summed E-state index contributed by atoms with van der Waals surface area (Å²) in [5.41, 5.74) is 0.403. The Balaban J connectivity index is 1.80. The molecule has 0 saturated carbocycles. The average Bonchev–Trinajstić information content (AvgIpc) is 2.93. The Kier molecular flexibility index (Phi) is 5.48. The molecule has 27 heavy (non-hydrogen) atoms. The normalized spacial score (nSPS) is 29.3. The number of hydrogen-bond donors (Lipinski definition) is 3. The van der Waals surface area contributed by atoms with E-state index in [4.69, 9.17) is 4.74 Å². The molecule has 0 aliphatic carbocycles. The molecule has 0 radical (unpaired) electrons.